The lowest BCUT2D eigenvalue weighted by atomic mass is 9.98. The molecule has 4 nitrogen and oxygen atoms in total. The summed E-state index contributed by atoms with van der Waals surface area (Å²) in [5.74, 6) is 0.684. The molecule has 24 heavy (non-hydrogen) atoms. The van der Waals surface area contributed by atoms with Crippen molar-refractivity contribution < 1.29 is 9.53 Å². The first kappa shape index (κ1) is 19.2. The number of ether oxygens (including phenoxy) is 1. The number of carbonyl (C=O) groups excluding carboxylic acids is 1. The summed E-state index contributed by atoms with van der Waals surface area (Å²) in [6.07, 6.45) is 6.15. The Labute approximate surface area is 151 Å². The molecule has 1 aliphatic carbocycles. The van der Waals surface area contributed by atoms with Crippen LogP contribution in [0.1, 0.15) is 44.1 Å². The molecular weight excluding hydrogens is 324 g/mol. The zero-order valence-electron chi connectivity index (χ0n) is 14.2. The number of likely N-dealkylation sites (tertiary alicyclic amines) is 1. The van der Waals surface area contributed by atoms with Crippen molar-refractivity contribution in [2.45, 2.75) is 57.3 Å². The van der Waals surface area contributed by atoms with Gasteiger partial charge >= 0.3 is 0 Å². The monoisotopic (exact) mass is 352 g/mol. The van der Waals surface area contributed by atoms with Crippen LogP contribution in [0.5, 0.6) is 0 Å². The van der Waals surface area contributed by atoms with Crippen molar-refractivity contribution in [1.29, 1.82) is 0 Å². The lowest BCUT2D eigenvalue weighted by Crippen LogP contribution is -2.42. The summed E-state index contributed by atoms with van der Waals surface area (Å²) < 4.78 is 5.99. The molecule has 134 valence electrons. The van der Waals surface area contributed by atoms with Gasteiger partial charge in [-0.15, -0.1) is 12.4 Å². The van der Waals surface area contributed by atoms with Crippen molar-refractivity contribution in [3.8, 4) is 0 Å². The van der Waals surface area contributed by atoms with Gasteiger partial charge < -0.3 is 15.4 Å². The molecule has 5 heteroatoms. The van der Waals surface area contributed by atoms with Crippen molar-refractivity contribution in [3.05, 3.63) is 35.9 Å². The molecule has 2 atom stereocenters. The Kier molecular flexibility index (Phi) is 7.53. The molecule has 1 heterocycles. The summed E-state index contributed by atoms with van der Waals surface area (Å²) >= 11 is 0. The van der Waals surface area contributed by atoms with Crippen LogP contribution in [0.25, 0.3) is 0 Å². The van der Waals surface area contributed by atoms with E-state index in [0.717, 1.165) is 38.8 Å². The van der Waals surface area contributed by atoms with E-state index in [1.54, 1.807) is 0 Å². The van der Waals surface area contributed by atoms with Gasteiger partial charge in [0.15, 0.2) is 0 Å². The molecule has 0 spiro atoms. The number of amides is 1. The van der Waals surface area contributed by atoms with Gasteiger partial charge in [-0.25, -0.2) is 0 Å². The lowest BCUT2D eigenvalue weighted by molar-refractivity contribution is -0.135. The van der Waals surface area contributed by atoms with E-state index in [9.17, 15) is 4.79 Å². The first-order valence-corrected chi connectivity index (χ1v) is 8.91. The normalized spacial score (nSPS) is 24.6. The van der Waals surface area contributed by atoms with Gasteiger partial charge in [-0.2, -0.15) is 0 Å². The summed E-state index contributed by atoms with van der Waals surface area (Å²) in [5.41, 5.74) is 7.29. The zero-order valence-corrected chi connectivity index (χ0v) is 15.0. The number of hydrogen-bond donors (Lipinski definition) is 1. The zero-order chi connectivity index (χ0) is 16.1. The van der Waals surface area contributed by atoms with Crippen molar-refractivity contribution >= 4 is 18.3 Å². The molecule has 0 unspecified atom stereocenters. The maximum absolute atomic E-state index is 12.4. The topological polar surface area (TPSA) is 55.6 Å². The molecule has 1 aromatic rings. The molecule has 3 rings (SSSR count). The van der Waals surface area contributed by atoms with Crippen LogP contribution in [0.4, 0.5) is 0 Å². The number of hydrogen-bond acceptors (Lipinski definition) is 3. The van der Waals surface area contributed by atoms with E-state index >= 15 is 0 Å². The smallest absolute Gasteiger partial charge is 0.222 e. The quantitative estimate of drug-likeness (QED) is 0.885. The SMILES string of the molecule is Cl.N[C@@H]1CCC[C@H]1CC(=O)N1CCC(OCc2ccccc2)CC1. The molecule has 0 radical (unpaired) electrons. The molecule has 1 saturated carbocycles. The van der Waals surface area contributed by atoms with Crippen molar-refractivity contribution in [3.63, 3.8) is 0 Å². The number of nitrogens with two attached hydrogens (primary N) is 1. The maximum atomic E-state index is 12.4. The Balaban J connectivity index is 0.00000208. The molecule has 1 saturated heterocycles. The highest BCUT2D eigenvalue weighted by atomic mass is 35.5. The fourth-order valence-electron chi connectivity index (χ4n) is 3.73. The number of benzene rings is 1. The number of carbonyl (C=O) groups is 1. The summed E-state index contributed by atoms with van der Waals surface area (Å²) in [7, 11) is 0. The molecule has 2 fully saturated rings. The van der Waals surface area contributed by atoms with Gasteiger partial charge in [-0.1, -0.05) is 36.8 Å². The Morgan fingerprint density at radius 3 is 2.46 bits per heavy atom. The minimum atomic E-state index is 0. The summed E-state index contributed by atoms with van der Waals surface area (Å²) in [4.78, 5) is 14.4. The van der Waals surface area contributed by atoms with Crippen LogP contribution in [0.15, 0.2) is 30.3 Å². The lowest BCUT2D eigenvalue weighted by Gasteiger charge is -2.33. The predicted molar refractivity (Wildman–Crippen MR) is 98.0 cm³/mol. The van der Waals surface area contributed by atoms with E-state index in [1.165, 1.54) is 12.0 Å². The van der Waals surface area contributed by atoms with E-state index in [0.29, 0.717) is 18.9 Å². The number of piperidine rings is 1. The number of nitrogens with zero attached hydrogens (tertiary/aromatic N) is 1. The van der Waals surface area contributed by atoms with Crippen LogP contribution in [-0.4, -0.2) is 36.0 Å². The van der Waals surface area contributed by atoms with Crippen LogP contribution < -0.4 is 5.73 Å². The molecule has 1 aliphatic heterocycles. The number of halogens is 1. The molecule has 2 aliphatic rings. The predicted octanol–water partition coefficient (Wildman–Crippen LogP) is 3.13. The van der Waals surface area contributed by atoms with Gasteiger partial charge in [0.05, 0.1) is 12.7 Å². The third-order valence-corrected chi connectivity index (χ3v) is 5.28. The van der Waals surface area contributed by atoms with Gasteiger partial charge in [-0.05, 0) is 37.2 Å². The summed E-state index contributed by atoms with van der Waals surface area (Å²) in [6.45, 7) is 2.30. The van der Waals surface area contributed by atoms with Gasteiger partial charge in [0, 0.05) is 25.6 Å². The van der Waals surface area contributed by atoms with Crippen LogP contribution in [0, 0.1) is 5.92 Å². The summed E-state index contributed by atoms with van der Waals surface area (Å²) in [6, 6.07) is 10.5. The Morgan fingerprint density at radius 1 is 1.12 bits per heavy atom. The fourth-order valence-corrected chi connectivity index (χ4v) is 3.73. The van der Waals surface area contributed by atoms with Crippen molar-refractivity contribution in [2.24, 2.45) is 11.7 Å². The second-order valence-electron chi connectivity index (χ2n) is 6.94. The first-order chi connectivity index (χ1) is 11.2. The van der Waals surface area contributed by atoms with Crippen molar-refractivity contribution in [2.75, 3.05) is 13.1 Å². The van der Waals surface area contributed by atoms with Gasteiger partial charge in [0.2, 0.25) is 5.91 Å². The van der Waals surface area contributed by atoms with E-state index in [-0.39, 0.29) is 30.5 Å². The number of rotatable bonds is 5. The van der Waals surface area contributed by atoms with Crippen LogP contribution in [-0.2, 0) is 16.1 Å². The third-order valence-electron chi connectivity index (χ3n) is 5.28. The van der Waals surface area contributed by atoms with Gasteiger partial charge in [0.1, 0.15) is 0 Å². The molecule has 1 amide bonds. The van der Waals surface area contributed by atoms with E-state index < -0.39 is 0 Å². The molecule has 2 N–H and O–H groups in total. The first-order valence-electron chi connectivity index (χ1n) is 8.91. The molecule has 0 bridgehead atoms. The molecule has 1 aromatic carbocycles. The van der Waals surface area contributed by atoms with E-state index in [4.69, 9.17) is 10.5 Å². The second kappa shape index (κ2) is 9.40. The minimum absolute atomic E-state index is 0. The molecule has 0 aromatic heterocycles. The largest absolute Gasteiger partial charge is 0.373 e. The molecular formula is C19H29ClN2O2. The van der Waals surface area contributed by atoms with Crippen LogP contribution >= 0.6 is 12.4 Å². The Bertz CT molecular complexity index is 503. The van der Waals surface area contributed by atoms with Gasteiger partial charge in [0.25, 0.3) is 0 Å². The summed E-state index contributed by atoms with van der Waals surface area (Å²) in [5, 5.41) is 0. The standard InChI is InChI=1S/C19H28N2O2.ClH/c20-18-8-4-7-16(18)13-19(22)21-11-9-17(10-12-21)23-14-15-5-2-1-3-6-15;/h1-3,5-6,16-18H,4,7-14,20H2;1H/t16-,18+;/m0./s1. The third kappa shape index (κ3) is 5.20. The highest BCUT2D eigenvalue weighted by Gasteiger charge is 2.29. The van der Waals surface area contributed by atoms with Crippen LogP contribution in [0.3, 0.4) is 0 Å². The van der Waals surface area contributed by atoms with E-state index in [2.05, 4.69) is 12.1 Å². The Hall–Kier alpha value is -1.10. The Morgan fingerprint density at radius 2 is 1.83 bits per heavy atom. The van der Waals surface area contributed by atoms with Crippen LogP contribution in [0.2, 0.25) is 0 Å². The van der Waals surface area contributed by atoms with Crippen molar-refractivity contribution in [1.82, 2.24) is 4.90 Å². The van der Waals surface area contributed by atoms with E-state index in [1.807, 2.05) is 23.1 Å². The fraction of sp³-hybridized carbons (Fsp3) is 0.632. The second-order valence-corrected chi connectivity index (χ2v) is 6.94. The highest BCUT2D eigenvalue weighted by molar-refractivity contribution is 5.85. The van der Waals surface area contributed by atoms with Gasteiger partial charge in [-0.3, -0.25) is 4.79 Å². The average molecular weight is 353 g/mol. The highest BCUT2D eigenvalue weighted by Crippen LogP contribution is 2.28. The maximum Gasteiger partial charge on any atom is 0.222 e. The minimum Gasteiger partial charge on any atom is -0.373 e. The average Bonchev–Trinajstić information content (AvgIpc) is 2.99.